The first-order chi connectivity index (χ1) is 9.92. The van der Waals surface area contributed by atoms with Crippen LogP contribution in [0.3, 0.4) is 0 Å². The number of carbonyl (C=O) groups excluding carboxylic acids is 1. The summed E-state index contributed by atoms with van der Waals surface area (Å²) >= 11 is 5.69. The van der Waals surface area contributed by atoms with Gasteiger partial charge in [-0.2, -0.15) is 0 Å². The van der Waals surface area contributed by atoms with Crippen LogP contribution >= 0.6 is 11.6 Å². The Hall–Kier alpha value is -2.27. The summed E-state index contributed by atoms with van der Waals surface area (Å²) in [6.07, 6.45) is 0. The minimum atomic E-state index is -0.557. The predicted octanol–water partition coefficient (Wildman–Crippen LogP) is 3.95. The first kappa shape index (κ1) is 15.1. The van der Waals surface area contributed by atoms with Crippen molar-refractivity contribution in [1.29, 1.82) is 0 Å². The summed E-state index contributed by atoms with van der Waals surface area (Å²) < 4.78 is 23.3. The van der Waals surface area contributed by atoms with E-state index >= 15 is 0 Å². The van der Waals surface area contributed by atoms with Crippen LogP contribution in [0.2, 0.25) is 5.02 Å². The fraction of sp³-hybridized carbons (Fsp3) is 0.133. The molecule has 6 heteroatoms. The Labute approximate surface area is 126 Å². The van der Waals surface area contributed by atoms with Gasteiger partial charge < -0.3 is 15.2 Å². The Morgan fingerprint density at radius 3 is 2.57 bits per heavy atom. The van der Waals surface area contributed by atoms with E-state index in [1.165, 1.54) is 31.4 Å². The quantitative estimate of drug-likeness (QED) is 0.689. The molecule has 0 unspecified atom stereocenters. The largest absolute Gasteiger partial charge is 0.465 e. The van der Waals surface area contributed by atoms with Crippen molar-refractivity contribution in [2.45, 2.75) is 6.92 Å². The lowest BCUT2D eigenvalue weighted by Gasteiger charge is -2.12. The second-order valence-corrected chi connectivity index (χ2v) is 4.78. The zero-order valence-corrected chi connectivity index (χ0v) is 12.2. The topological polar surface area (TPSA) is 61.5 Å². The van der Waals surface area contributed by atoms with Crippen molar-refractivity contribution >= 4 is 23.3 Å². The number of esters is 1. The van der Waals surface area contributed by atoms with Crippen LogP contribution in [-0.4, -0.2) is 13.1 Å². The van der Waals surface area contributed by atoms with Crippen LogP contribution in [0.5, 0.6) is 11.5 Å². The molecular formula is C15H13ClFNO3. The Balaban J connectivity index is 2.38. The number of methoxy groups -OCH3 is 1. The van der Waals surface area contributed by atoms with E-state index in [0.29, 0.717) is 22.7 Å². The normalized spacial score (nSPS) is 10.3. The molecule has 0 aliphatic heterocycles. The standard InChI is InChI=1S/C15H13ClFNO3/c1-8-5-10(6-11(14(8)18)15(19)20-2)21-9-3-4-13(17)12(16)7-9/h3-7H,18H2,1-2H3. The Bertz CT molecular complexity index is 704. The summed E-state index contributed by atoms with van der Waals surface area (Å²) in [5.74, 6) is -0.364. The van der Waals surface area contributed by atoms with Crippen LogP contribution < -0.4 is 10.5 Å². The van der Waals surface area contributed by atoms with E-state index < -0.39 is 11.8 Å². The molecule has 0 spiro atoms. The summed E-state index contributed by atoms with van der Waals surface area (Å²) in [4.78, 5) is 11.7. The molecule has 0 saturated heterocycles. The maximum Gasteiger partial charge on any atom is 0.340 e. The van der Waals surface area contributed by atoms with E-state index in [1.54, 1.807) is 13.0 Å². The van der Waals surface area contributed by atoms with Gasteiger partial charge in [-0.25, -0.2) is 9.18 Å². The number of halogens is 2. The number of rotatable bonds is 3. The van der Waals surface area contributed by atoms with Crippen LogP contribution in [0.25, 0.3) is 0 Å². The second kappa shape index (κ2) is 6.01. The average molecular weight is 310 g/mol. The van der Waals surface area contributed by atoms with E-state index in [0.717, 1.165) is 0 Å². The third-order valence-corrected chi connectivity index (χ3v) is 3.18. The van der Waals surface area contributed by atoms with Crippen molar-refractivity contribution in [3.8, 4) is 11.5 Å². The van der Waals surface area contributed by atoms with Crippen molar-refractivity contribution < 1.29 is 18.7 Å². The minimum absolute atomic E-state index is 0.0483. The maximum atomic E-state index is 13.1. The molecular weight excluding hydrogens is 297 g/mol. The molecule has 0 aliphatic carbocycles. The summed E-state index contributed by atoms with van der Waals surface area (Å²) in [6, 6.07) is 7.11. The highest BCUT2D eigenvalue weighted by molar-refractivity contribution is 6.30. The van der Waals surface area contributed by atoms with Gasteiger partial charge in [0.2, 0.25) is 0 Å². The fourth-order valence-electron chi connectivity index (χ4n) is 1.78. The minimum Gasteiger partial charge on any atom is -0.465 e. The van der Waals surface area contributed by atoms with Crippen LogP contribution in [0.1, 0.15) is 15.9 Å². The number of ether oxygens (including phenoxy) is 2. The lowest BCUT2D eigenvalue weighted by Crippen LogP contribution is -2.07. The summed E-state index contributed by atoms with van der Waals surface area (Å²) in [5, 5.41) is -0.0483. The van der Waals surface area contributed by atoms with E-state index in [4.69, 9.17) is 22.1 Å². The van der Waals surface area contributed by atoms with Crippen LogP contribution in [0, 0.1) is 12.7 Å². The molecule has 21 heavy (non-hydrogen) atoms. The molecule has 0 aliphatic rings. The number of nitrogen functional groups attached to an aromatic ring is 1. The zero-order valence-electron chi connectivity index (χ0n) is 11.4. The molecule has 0 heterocycles. The highest BCUT2D eigenvalue weighted by Crippen LogP contribution is 2.30. The number of benzene rings is 2. The van der Waals surface area contributed by atoms with E-state index in [-0.39, 0.29) is 10.6 Å². The van der Waals surface area contributed by atoms with Crippen molar-refractivity contribution in [3.63, 3.8) is 0 Å². The SMILES string of the molecule is COC(=O)c1cc(Oc2ccc(F)c(Cl)c2)cc(C)c1N. The number of hydrogen-bond donors (Lipinski definition) is 1. The average Bonchev–Trinajstić information content (AvgIpc) is 2.45. The third-order valence-electron chi connectivity index (χ3n) is 2.89. The second-order valence-electron chi connectivity index (χ2n) is 4.37. The molecule has 2 aromatic rings. The van der Waals surface area contributed by atoms with Gasteiger partial charge in [-0.05, 0) is 36.8 Å². The smallest absolute Gasteiger partial charge is 0.340 e. The van der Waals surface area contributed by atoms with Crippen LogP contribution in [-0.2, 0) is 4.74 Å². The molecule has 0 saturated carbocycles. The number of carbonyl (C=O) groups is 1. The molecule has 0 amide bonds. The van der Waals surface area contributed by atoms with Gasteiger partial charge in [-0.3, -0.25) is 0 Å². The molecule has 4 nitrogen and oxygen atoms in total. The van der Waals surface area contributed by atoms with Gasteiger partial charge >= 0.3 is 5.97 Å². The summed E-state index contributed by atoms with van der Waals surface area (Å²) in [7, 11) is 1.27. The Morgan fingerprint density at radius 2 is 1.95 bits per heavy atom. The van der Waals surface area contributed by atoms with Gasteiger partial charge in [0, 0.05) is 11.8 Å². The number of hydrogen-bond acceptors (Lipinski definition) is 4. The van der Waals surface area contributed by atoms with E-state index in [1.807, 2.05) is 0 Å². The zero-order chi connectivity index (χ0) is 15.6. The fourth-order valence-corrected chi connectivity index (χ4v) is 1.95. The molecule has 2 N–H and O–H groups in total. The lowest BCUT2D eigenvalue weighted by atomic mass is 10.1. The van der Waals surface area contributed by atoms with Gasteiger partial charge in [0.1, 0.15) is 17.3 Å². The third kappa shape index (κ3) is 3.25. The van der Waals surface area contributed by atoms with E-state index in [2.05, 4.69) is 4.74 Å². The molecule has 2 aromatic carbocycles. The highest BCUT2D eigenvalue weighted by Gasteiger charge is 2.14. The van der Waals surface area contributed by atoms with Crippen molar-refractivity contribution in [2.75, 3.05) is 12.8 Å². The molecule has 0 aromatic heterocycles. The molecule has 0 bridgehead atoms. The first-order valence-corrected chi connectivity index (χ1v) is 6.41. The van der Waals surface area contributed by atoms with Gasteiger partial charge in [0.05, 0.1) is 17.7 Å². The van der Waals surface area contributed by atoms with Gasteiger partial charge in [0.15, 0.2) is 0 Å². The van der Waals surface area contributed by atoms with Crippen LogP contribution in [0.15, 0.2) is 30.3 Å². The van der Waals surface area contributed by atoms with Gasteiger partial charge in [-0.15, -0.1) is 0 Å². The molecule has 110 valence electrons. The first-order valence-electron chi connectivity index (χ1n) is 6.03. The number of aryl methyl sites for hydroxylation is 1. The Kier molecular flexibility index (Phi) is 4.33. The van der Waals surface area contributed by atoms with Gasteiger partial charge in [-0.1, -0.05) is 11.6 Å². The van der Waals surface area contributed by atoms with Crippen LogP contribution in [0.4, 0.5) is 10.1 Å². The van der Waals surface area contributed by atoms with E-state index in [9.17, 15) is 9.18 Å². The monoisotopic (exact) mass is 309 g/mol. The number of anilines is 1. The predicted molar refractivity (Wildman–Crippen MR) is 78.4 cm³/mol. The van der Waals surface area contributed by atoms with Crippen molar-refractivity contribution in [2.24, 2.45) is 0 Å². The van der Waals surface area contributed by atoms with Crippen molar-refractivity contribution in [3.05, 3.63) is 52.3 Å². The molecule has 0 radical (unpaired) electrons. The summed E-state index contributed by atoms with van der Waals surface area (Å²) in [5.41, 5.74) is 7.04. The number of nitrogens with two attached hydrogens (primary N) is 1. The molecule has 0 atom stereocenters. The Morgan fingerprint density at radius 1 is 1.24 bits per heavy atom. The lowest BCUT2D eigenvalue weighted by molar-refractivity contribution is 0.0601. The summed E-state index contributed by atoms with van der Waals surface area (Å²) in [6.45, 7) is 1.74. The molecule has 0 fully saturated rings. The van der Waals surface area contributed by atoms with Crippen molar-refractivity contribution in [1.82, 2.24) is 0 Å². The maximum absolute atomic E-state index is 13.1. The highest BCUT2D eigenvalue weighted by atomic mass is 35.5. The van der Waals surface area contributed by atoms with Gasteiger partial charge in [0.25, 0.3) is 0 Å². The molecule has 2 rings (SSSR count).